The minimum atomic E-state index is -0.456. The third-order valence-corrected chi connectivity index (χ3v) is 2.14. The molecule has 0 saturated heterocycles. The van der Waals surface area contributed by atoms with Crippen LogP contribution in [0.2, 0.25) is 0 Å². The highest BCUT2D eigenvalue weighted by atomic mass is 16.3. The molecular weight excluding hydrogens is 180 g/mol. The molecule has 1 unspecified atom stereocenters. The van der Waals surface area contributed by atoms with Crippen LogP contribution < -0.4 is 0 Å². The zero-order chi connectivity index (χ0) is 10.4. The lowest BCUT2D eigenvalue weighted by molar-refractivity contribution is 0.125. The molecule has 3 nitrogen and oxygen atoms in total. The van der Waals surface area contributed by atoms with Gasteiger partial charge in [0.2, 0.25) is 0 Å². The van der Waals surface area contributed by atoms with E-state index in [9.17, 15) is 10.2 Å². The fourth-order valence-electron chi connectivity index (χ4n) is 1.34. The number of benzene rings is 1. The molecule has 14 heavy (non-hydrogen) atoms. The Kier molecular flexibility index (Phi) is 4.43. The highest BCUT2D eigenvalue weighted by Gasteiger charge is 2.03. The number of hydrogen-bond donors (Lipinski definition) is 3. The lowest BCUT2D eigenvalue weighted by Gasteiger charge is -2.08. The van der Waals surface area contributed by atoms with Gasteiger partial charge in [-0.2, -0.15) is 0 Å². The standard InChI is InChI=1S/C11H16O3/c12-7-6-10(13)5-4-9-2-1-3-11(14)8-9/h1-3,8,10,12-14H,4-7H2. The van der Waals surface area contributed by atoms with Crippen molar-refractivity contribution in [2.75, 3.05) is 6.61 Å². The van der Waals surface area contributed by atoms with E-state index in [-0.39, 0.29) is 12.4 Å². The summed E-state index contributed by atoms with van der Waals surface area (Å²) in [6.45, 7) is 0.0151. The topological polar surface area (TPSA) is 60.7 Å². The smallest absolute Gasteiger partial charge is 0.115 e. The van der Waals surface area contributed by atoms with Crippen LogP contribution >= 0.6 is 0 Å². The quantitative estimate of drug-likeness (QED) is 0.660. The van der Waals surface area contributed by atoms with E-state index in [1.165, 1.54) is 0 Å². The van der Waals surface area contributed by atoms with E-state index in [1.54, 1.807) is 18.2 Å². The van der Waals surface area contributed by atoms with Gasteiger partial charge >= 0.3 is 0 Å². The maximum atomic E-state index is 9.36. The summed E-state index contributed by atoms with van der Waals surface area (Å²) < 4.78 is 0. The largest absolute Gasteiger partial charge is 0.508 e. The first-order valence-corrected chi connectivity index (χ1v) is 4.79. The van der Waals surface area contributed by atoms with E-state index in [1.807, 2.05) is 6.07 Å². The molecule has 3 heteroatoms. The second-order valence-electron chi connectivity index (χ2n) is 3.37. The third-order valence-electron chi connectivity index (χ3n) is 2.14. The average molecular weight is 196 g/mol. The Labute approximate surface area is 83.6 Å². The number of aromatic hydroxyl groups is 1. The molecule has 0 fully saturated rings. The molecule has 1 rings (SSSR count). The second-order valence-corrected chi connectivity index (χ2v) is 3.37. The van der Waals surface area contributed by atoms with Crippen LogP contribution in [0.5, 0.6) is 5.75 Å². The van der Waals surface area contributed by atoms with Crippen molar-refractivity contribution >= 4 is 0 Å². The van der Waals surface area contributed by atoms with E-state index in [4.69, 9.17) is 5.11 Å². The van der Waals surface area contributed by atoms with Crippen LogP contribution in [0.3, 0.4) is 0 Å². The summed E-state index contributed by atoms with van der Waals surface area (Å²) in [6, 6.07) is 6.99. The van der Waals surface area contributed by atoms with Crippen LogP contribution in [0.15, 0.2) is 24.3 Å². The summed E-state index contributed by atoms with van der Waals surface area (Å²) in [5, 5.41) is 27.1. The molecule has 0 amide bonds. The van der Waals surface area contributed by atoms with E-state index < -0.39 is 6.10 Å². The van der Waals surface area contributed by atoms with Crippen LogP contribution in [0, 0.1) is 0 Å². The Bertz CT molecular complexity index is 273. The average Bonchev–Trinajstić information content (AvgIpc) is 2.15. The van der Waals surface area contributed by atoms with Gasteiger partial charge in [0.15, 0.2) is 0 Å². The van der Waals surface area contributed by atoms with Crippen LogP contribution in [0.1, 0.15) is 18.4 Å². The number of rotatable bonds is 5. The highest BCUT2D eigenvalue weighted by molar-refractivity contribution is 5.27. The maximum Gasteiger partial charge on any atom is 0.115 e. The molecule has 1 aromatic rings. The molecule has 0 aliphatic rings. The summed E-state index contributed by atoms with van der Waals surface area (Å²) in [4.78, 5) is 0. The maximum absolute atomic E-state index is 9.36. The summed E-state index contributed by atoms with van der Waals surface area (Å²) >= 11 is 0. The fourth-order valence-corrected chi connectivity index (χ4v) is 1.34. The molecule has 1 aromatic carbocycles. The van der Waals surface area contributed by atoms with Crippen LogP contribution in [0.4, 0.5) is 0 Å². The number of hydrogen-bond acceptors (Lipinski definition) is 3. The van der Waals surface area contributed by atoms with Gasteiger partial charge in [0.1, 0.15) is 5.75 Å². The SMILES string of the molecule is OCCC(O)CCc1cccc(O)c1. The van der Waals surface area contributed by atoms with E-state index in [0.29, 0.717) is 12.8 Å². The highest BCUT2D eigenvalue weighted by Crippen LogP contribution is 2.13. The molecule has 0 aliphatic heterocycles. The number of phenols is 1. The first-order valence-electron chi connectivity index (χ1n) is 4.79. The van der Waals surface area contributed by atoms with Crippen molar-refractivity contribution in [2.45, 2.75) is 25.4 Å². The predicted molar refractivity (Wildman–Crippen MR) is 54.1 cm³/mol. The lowest BCUT2D eigenvalue weighted by Crippen LogP contribution is -2.09. The normalized spacial score (nSPS) is 12.7. The number of phenolic OH excluding ortho intramolecular Hbond substituents is 1. The minimum absolute atomic E-state index is 0.0151. The van der Waals surface area contributed by atoms with Crippen molar-refractivity contribution in [3.8, 4) is 5.75 Å². The van der Waals surface area contributed by atoms with Crippen molar-refractivity contribution in [1.82, 2.24) is 0 Å². The van der Waals surface area contributed by atoms with Crippen molar-refractivity contribution in [3.05, 3.63) is 29.8 Å². The van der Waals surface area contributed by atoms with Gasteiger partial charge in [-0.25, -0.2) is 0 Å². The Balaban J connectivity index is 2.37. The van der Waals surface area contributed by atoms with E-state index in [0.717, 1.165) is 12.0 Å². The van der Waals surface area contributed by atoms with Crippen molar-refractivity contribution in [2.24, 2.45) is 0 Å². The van der Waals surface area contributed by atoms with Gasteiger partial charge in [-0.15, -0.1) is 0 Å². The van der Waals surface area contributed by atoms with E-state index >= 15 is 0 Å². The number of aliphatic hydroxyl groups excluding tert-OH is 2. The number of aryl methyl sites for hydroxylation is 1. The van der Waals surface area contributed by atoms with Gasteiger partial charge in [-0.3, -0.25) is 0 Å². The van der Waals surface area contributed by atoms with Crippen LogP contribution in [-0.4, -0.2) is 28.0 Å². The molecular formula is C11H16O3. The number of aliphatic hydroxyl groups is 2. The Morgan fingerprint density at radius 2 is 2.00 bits per heavy atom. The Morgan fingerprint density at radius 1 is 1.21 bits per heavy atom. The molecule has 0 saturated carbocycles. The molecule has 0 radical (unpaired) electrons. The summed E-state index contributed by atoms with van der Waals surface area (Å²) in [5.74, 6) is 0.249. The van der Waals surface area contributed by atoms with Gasteiger partial charge in [0.05, 0.1) is 6.10 Å². The molecule has 78 valence electrons. The monoisotopic (exact) mass is 196 g/mol. The van der Waals surface area contributed by atoms with Gasteiger partial charge in [-0.1, -0.05) is 12.1 Å². The van der Waals surface area contributed by atoms with Gasteiger partial charge in [-0.05, 0) is 37.0 Å². The van der Waals surface area contributed by atoms with Crippen molar-refractivity contribution in [3.63, 3.8) is 0 Å². The Hall–Kier alpha value is -1.06. The molecule has 0 aliphatic carbocycles. The molecule has 0 spiro atoms. The zero-order valence-electron chi connectivity index (χ0n) is 8.06. The zero-order valence-corrected chi connectivity index (χ0v) is 8.06. The van der Waals surface area contributed by atoms with Crippen LogP contribution in [0.25, 0.3) is 0 Å². The van der Waals surface area contributed by atoms with Gasteiger partial charge < -0.3 is 15.3 Å². The van der Waals surface area contributed by atoms with Crippen molar-refractivity contribution in [1.29, 1.82) is 0 Å². The lowest BCUT2D eigenvalue weighted by atomic mass is 10.1. The summed E-state index contributed by atoms with van der Waals surface area (Å²) in [6.07, 6.45) is 1.29. The van der Waals surface area contributed by atoms with Gasteiger partial charge in [0.25, 0.3) is 0 Å². The summed E-state index contributed by atoms with van der Waals surface area (Å²) in [7, 11) is 0. The summed E-state index contributed by atoms with van der Waals surface area (Å²) in [5.41, 5.74) is 1.00. The van der Waals surface area contributed by atoms with Crippen LogP contribution in [-0.2, 0) is 6.42 Å². The molecule has 0 heterocycles. The Morgan fingerprint density at radius 3 is 2.64 bits per heavy atom. The minimum Gasteiger partial charge on any atom is -0.508 e. The molecule has 1 atom stereocenters. The third kappa shape index (κ3) is 3.77. The first kappa shape index (κ1) is 11.0. The van der Waals surface area contributed by atoms with Gasteiger partial charge in [0, 0.05) is 6.61 Å². The molecule has 0 bridgehead atoms. The second kappa shape index (κ2) is 5.62. The predicted octanol–water partition coefficient (Wildman–Crippen LogP) is 1.07. The fraction of sp³-hybridized carbons (Fsp3) is 0.455. The molecule has 0 aromatic heterocycles. The van der Waals surface area contributed by atoms with E-state index in [2.05, 4.69) is 0 Å². The van der Waals surface area contributed by atoms with Crippen molar-refractivity contribution < 1.29 is 15.3 Å². The molecule has 3 N–H and O–H groups in total. The first-order chi connectivity index (χ1) is 6.72.